The molecule has 0 atom stereocenters. The molecule has 0 amide bonds. The zero-order valence-electron chi connectivity index (χ0n) is 7.04. The van der Waals surface area contributed by atoms with E-state index >= 15 is 0 Å². The number of rotatable bonds is 2. The Morgan fingerprint density at radius 1 is 1.07 bits per heavy atom. The van der Waals surface area contributed by atoms with E-state index in [4.69, 9.17) is 0 Å². The van der Waals surface area contributed by atoms with E-state index in [0.717, 1.165) is 0 Å². The van der Waals surface area contributed by atoms with Crippen LogP contribution in [-0.2, 0) is 0 Å². The summed E-state index contributed by atoms with van der Waals surface area (Å²) in [7, 11) is 0. The first-order chi connectivity index (χ1) is 6.74. The normalized spacial score (nSPS) is 11.3. The van der Waals surface area contributed by atoms with Gasteiger partial charge in [-0.05, 0) is 0 Å². The third-order valence-corrected chi connectivity index (χ3v) is 6.05. The average Bonchev–Trinajstić information content (AvgIpc) is 2.72. The molecular formula is C10H6Br2SSe. The Bertz CT molecular complexity index is 414. The van der Waals surface area contributed by atoms with E-state index in [-0.39, 0.29) is 0 Å². The number of hydrogen-bond donors (Lipinski definition) is 0. The summed E-state index contributed by atoms with van der Waals surface area (Å²) in [6, 6.07) is 8.50. The van der Waals surface area contributed by atoms with Gasteiger partial charge in [-0.25, -0.2) is 0 Å². The van der Waals surface area contributed by atoms with Crippen LogP contribution in [0.1, 0.15) is 9.31 Å². The predicted octanol–water partition coefficient (Wildman–Crippen LogP) is 4.50. The fraction of sp³-hybridized carbons (Fsp3) is 0. The number of thiophene rings is 1. The van der Waals surface area contributed by atoms with Gasteiger partial charge in [0.05, 0.1) is 0 Å². The van der Waals surface area contributed by atoms with Gasteiger partial charge >= 0.3 is 111 Å². The van der Waals surface area contributed by atoms with E-state index in [0.29, 0.717) is 14.5 Å². The van der Waals surface area contributed by atoms with Crippen molar-refractivity contribution in [3.05, 3.63) is 40.7 Å². The predicted molar refractivity (Wildman–Crippen MR) is 72.0 cm³/mol. The molecule has 14 heavy (non-hydrogen) atoms. The molecule has 0 aliphatic rings. The van der Waals surface area contributed by atoms with Crippen LogP contribution in [0, 0.1) is 0 Å². The Labute approximate surface area is 110 Å². The zero-order chi connectivity index (χ0) is 9.97. The van der Waals surface area contributed by atoms with E-state index in [9.17, 15) is 0 Å². The Morgan fingerprint density at radius 3 is 2.50 bits per heavy atom. The molecule has 0 spiro atoms. The first-order valence-corrected chi connectivity index (χ1v) is 8.04. The molecule has 0 saturated carbocycles. The Balaban J connectivity index is 2.14. The maximum atomic E-state index is 3.51. The molecule has 0 aromatic carbocycles. The van der Waals surface area contributed by atoms with Crippen LogP contribution in [0.25, 0.3) is 12.2 Å². The van der Waals surface area contributed by atoms with Crippen LogP contribution in [0.3, 0.4) is 0 Å². The van der Waals surface area contributed by atoms with Gasteiger partial charge < -0.3 is 0 Å². The summed E-state index contributed by atoms with van der Waals surface area (Å²) in [5.41, 5.74) is 0. The van der Waals surface area contributed by atoms with Crippen LogP contribution in [-0.4, -0.2) is 14.5 Å². The van der Waals surface area contributed by atoms with Crippen LogP contribution >= 0.6 is 43.2 Å². The van der Waals surface area contributed by atoms with Gasteiger partial charge in [0.25, 0.3) is 0 Å². The molecule has 2 aromatic rings. The van der Waals surface area contributed by atoms with Crippen molar-refractivity contribution in [2.24, 2.45) is 0 Å². The molecule has 0 saturated heterocycles. The van der Waals surface area contributed by atoms with Crippen LogP contribution in [0.4, 0.5) is 0 Å². The van der Waals surface area contributed by atoms with Crippen molar-refractivity contribution in [1.29, 1.82) is 0 Å². The summed E-state index contributed by atoms with van der Waals surface area (Å²) in [4.78, 5) is 1.29. The van der Waals surface area contributed by atoms with E-state index in [1.807, 2.05) is 0 Å². The van der Waals surface area contributed by atoms with E-state index < -0.39 is 0 Å². The van der Waals surface area contributed by atoms with Gasteiger partial charge in [0.15, 0.2) is 0 Å². The Morgan fingerprint density at radius 2 is 1.93 bits per heavy atom. The second-order valence-electron chi connectivity index (χ2n) is 2.62. The number of halogens is 2. The minimum atomic E-state index is 0.477. The first kappa shape index (κ1) is 10.9. The minimum absolute atomic E-state index is 0.477. The third kappa shape index (κ3) is 2.94. The monoisotopic (exact) mass is 396 g/mol. The van der Waals surface area contributed by atoms with E-state index in [1.54, 1.807) is 11.3 Å². The molecular weight excluding hydrogens is 391 g/mol. The molecule has 0 nitrogen and oxygen atoms in total. The Hall–Kier alpha value is 0.399. The summed E-state index contributed by atoms with van der Waals surface area (Å²) < 4.78 is 3.91. The molecule has 0 bridgehead atoms. The molecule has 2 heterocycles. The van der Waals surface area contributed by atoms with Crippen molar-refractivity contribution < 1.29 is 0 Å². The van der Waals surface area contributed by atoms with Crippen molar-refractivity contribution >= 4 is 69.9 Å². The van der Waals surface area contributed by atoms with Crippen LogP contribution in [0.15, 0.2) is 31.4 Å². The second kappa shape index (κ2) is 4.95. The van der Waals surface area contributed by atoms with Gasteiger partial charge in [-0.3, -0.25) is 0 Å². The van der Waals surface area contributed by atoms with Crippen LogP contribution < -0.4 is 0 Å². The molecule has 0 unspecified atom stereocenters. The fourth-order valence-electron chi connectivity index (χ4n) is 1.000. The van der Waals surface area contributed by atoms with Gasteiger partial charge in [-0.1, -0.05) is 0 Å². The van der Waals surface area contributed by atoms with Gasteiger partial charge in [0, 0.05) is 0 Å². The molecule has 72 valence electrons. The second-order valence-corrected chi connectivity index (χ2v) is 9.49. The topological polar surface area (TPSA) is 0 Å². The summed E-state index contributed by atoms with van der Waals surface area (Å²) in [5, 5.41) is 0. The van der Waals surface area contributed by atoms with Gasteiger partial charge in [-0.2, -0.15) is 0 Å². The SMILES string of the molecule is Brc1ccc(/C=C/c2ccc(Br)[se]2)s1. The van der Waals surface area contributed by atoms with Crippen molar-refractivity contribution in [3.8, 4) is 0 Å². The molecule has 0 radical (unpaired) electrons. The third-order valence-electron chi connectivity index (χ3n) is 1.60. The zero-order valence-corrected chi connectivity index (χ0v) is 12.7. The Kier molecular flexibility index (Phi) is 3.86. The molecule has 2 aromatic heterocycles. The molecule has 2 rings (SSSR count). The first-order valence-electron chi connectivity index (χ1n) is 3.93. The standard InChI is InChI=1S/C10H6Br2SSe/c11-9-5-2-7(13-9)1-3-8-4-6-10(12)14-8/h1-6H/b3-1+. The average molecular weight is 397 g/mol. The van der Waals surface area contributed by atoms with Gasteiger partial charge in [0.2, 0.25) is 0 Å². The summed E-state index contributed by atoms with van der Waals surface area (Å²) in [5.74, 6) is 0. The van der Waals surface area contributed by atoms with Crippen molar-refractivity contribution in [2.45, 2.75) is 0 Å². The quantitative estimate of drug-likeness (QED) is 0.655. The van der Waals surface area contributed by atoms with E-state index in [2.05, 4.69) is 68.3 Å². The molecule has 0 fully saturated rings. The summed E-state index contributed by atoms with van der Waals surface area (Å²) in [6.07, 6.45) is 4.37. The fourth-order valence-corrected chi connectivity index (χ4v) is 4.76. The molecule has 0 N–H and O–H groups in total. The van der Waals surface area contributed by atoms with E-state index in [1.165, 1.54) is 16.4 Å². The maximum absolute atomic E-state index is 3.51. The van der Waals surface area contributed by atoms with Crippen LogP contribution in [0.2, 0.25) is 0 Å². The summed E-state index contributed by atoms with van der Waals surface area (Å²) >= 11 is 9.19. The molecule has 0 aliphatic heterocycles. The summed E-state index contributed by atoms with van der Waals surface area (Å²) in [6.45, 7) is 0. The number of hydrogen-bond acceptors (Lipinski definition) is 1. The van der Waals surface area contributed by atoms with Crippen LogP contribution in [0.5, 0.6) is 0 Å². The van der Waals surface area contributed by atoms with Gasteiger partial charge in [-0.15, -0.1) is 0 Å². The van der Waals surface area contributed by atoms with Crippen molar-refractivity contribution in [1.82, 2.24) is 0 Å². The van der Waals surface area contributed by atoms with Gasteiger partial charge in [0.1, 0.15) is 0 Å². The van der Waals surface area contributed by atoms with Crippen molar-refractivity contribution in [3.63, 3.8) is 0 Å². The molecule has 4 heteroatoms. The molecule has 0 aliphatic carbocycles. The van der Waals surface area contributed by atoms with Crippen molar-refractivity contribution in [2.75, 3.05) is 0 Å².